The van der Waals surface area contributed by atoms with Crippen LogP contribution in [-0.4, -0.2) is 46.7 Å². The lowest BCUT2D eigenvalue weighted by atomic mass is 9.99. The number of fused-ring (bicyclic) bond motifs is 1. The molecule has 0 saturated carbocycles. The fourth-order valence-electron chi connectivity index (χ4n) is 3.00. The lowest BCUT2D eigenvalue weighted by Gasteiger charge is -2.30. The summed E-state index contributed by atoms with van der Waals surface area (Å²) < 4.78 is 29.6. The van der Waals surface area contributed by atoms with Crippen molar-refractivity contribution in [2.45, 2.75) is 19.5 Å². The Kier molecular flexibility index (Phi) is 5.15. The van der Waals surface area contributed by atoms with Gasteiger partial charge in [-0.15, -0.1) is 0 Å². The topological polar surface area (TPSA) is 91.8 Å². The van der Waals surface area contributed by atoms with Crippen LogP contribution in [0.5, 0.6) is 5.75 Å². The molecule has 3 rings (SSSR count). The van der Waals surface area contributed by atoms with Crippen molar-refractivity contribution in [2.24, 2.45) is 5.92 Å². The molecule has 2 amide bonds. The quantitative estimate of drug-likeness (QED) is 0.868. The summed E-state index contributed by atoms with van der Waals surface area (Å²) in [7, 11) is 0. The van der Waals surface area contributed by atoms with Crippen molar-refractivity contribution in [2.75, 3.05) is 18.4 Å². The third-order valence-electron chi connectivity index (χ3n) is 4.25. The molecule has 1 unspecified atom stereocenters. The lowest BCUT2D eigenvalue weighted by Crippen LogP contribution is -2.44. The highest BCUT2D eigenvalue weighted by Gasteiger charge is 2.28. The summed E-state index contributed by atoms with van der Waals surface area (Å²) in [6.07, 6.45) is 2.61. The van der Waals surface area contributed by atoms with Crippen molar-refractivity contribution in [3.05, 3.63) is 30.5 Å². The highest BCUT2D eigenvalue weighted by atomic mass is 19.3. The molecule has 1 aliphatic heterocycles. The van der Waals surface area contributed by atoms with Gasteiger partial charge < -0.3 is 20.1 Å². The Bertz CT molecular complexity index is 831. The van der Waals surface area contributed by atoms with Gasteiger partial charge in [0.05, 0.1) is 17.1 Å². The number of carbonyl (C=O) groups excluding carboxylic acids is 1. The number of benzene rings is 1. The Morgan fingerprint density at radius 2 is 2.15 bits per heavy atom. The maximum Gasteiger partial charge on any atom is 0.387 e. The summed E-state index contributed by atoms with van der Waals surface area (Å²) in [5.41, 5.74) is 0.649. The Labute approximate surface area is 147 Å². The van der Waals surface area contributed by atoms with Crippen LogP contribution in [0.1, 0.15) is 12.8 Å². The molecule has 1 atom stereocenters. The van der Waals surface area contributed by atoms with Crippen molar-refractivity contribution < 1.29 is 28.2 Å². The number of carbonyl (C=O) groups is 2. The molecule has 7 nitrogen and oxygen atoms in total. The van der Waals surface area contributed by atoms with Gasteiger partial charge in [0.1, 0.15) is 5.75 Å². The molecule has 1 aromatic heterocycles. The van der Waals surface area contributed by atoms with Crippen LogP contribution in [0.4, 0.5) is 19.3 Å². The number of nitrogens with zero attached hydrogens (tertiary/aromatic N) is 2. The first kappa shape index (κ1) is 17.8. The molecule has 2 heterocycles. The Morgan fingerprint density at radius 3 is 2.88 bits per heavy atom. The van der Waals surface area contributed by atoms with Crippen molar-refractivity contribution in [1.29, 1.82) is 0 Å². The minimum absolute atomic E-state index is 0.0370. The van der Waals surface area contributed by atoms with E-state index in [0.717, 1.165) is 0 Å². The molecule has 0 radical (unpaired) electrons. The molecule has 9 heteroatoms. The van der Waals surface area contributed by atoms with Crippen molar-refractivity contribution in [3.63, 3.8) is 0 Å². The van der Waals surface area contributed by atoms with Gasteiger partial charge in [-0.05, 0) is 37.1 Å². The number of carboxylic acid groups (broad SMARTS) is 1. The number of aliphatic carboxylic acids is 1. The number of hydrogen-bond acceptors (Lipinski definition) is 4. The first-order chi connectivity index (χ1) is 12.5. The number of amides is 2. The highest BCUT2D eigenvalue weighted by Crippen LogP contribution is 2.31. The molecule has 0 bridgehead atoms. The third kappa shape index (κ3) is 3.81. The number of likely N-dealkylation sites (tertiary alicyclic amines) is 1. The molecule has 0 aliphatic carbocycles. The lowest BCUT2D eigenvalue weighted by molar-refractivity contribution is -0.143. The normalized spacial score (nSPS) is 17.3. The Morgan fingerprint density at radius 1 is 1.35 bits per heavy atom. The standard InChI is InChI=1S/C17H17F2N3O4/c18-16(19)26-13-6-5-12(14-11(13)4-1-7-20-14)21-17(25)22-8-2-3-10(9-22)15(23)24/h1,4-7,10,16H,2-3,8-9H2,(H,21,25)(H,23,24). The summed E-state index contributed by atoms with van der Waals surface area (Å²) in [5, 5.41) is 12.2. The molecule has 138 valence electrons. The number of hydrogen-bond donors (Lipinski definition) is 2. The number of ether oxygens (including phenoxy) is 1. The molecule has 1 saturated heterocycles. The fraction of sp³-hybridized carbons (Fsp3) is 0.353. The average molecular weight is 365 g/mol. The fourth-order valence-corrected chi connectivity index (χ4v) is 3.00. The zero-order valence-electron chi connectivity index (χ0n) is 13.7. The largest absolute Gasteiger partial charge is 0.481 e. The van der Waals surface area contributed by atoms with E-state index in [0.29, 0.717) is 36.0 Å². The van der Waals surface area contributed by atoms with Crippen LogP contribution in [0.25, 0.3) is 10.9 Å². The van der Waals surface area contributed by atoms with Crippen LogP contribution < -0.4 is 10.1 Å². The molecule has 0 spiro atoms. The van der Waals surface area contributed by atoms with E-state index in [1.807, 2.05) is 0 Å². The van der Waals surface area contributed by atoms with E-state index in [1.165, 1.54) is 23.2 Å². The number of halogens is 2. The first-order valence-corrected chi connectivity index (χ1v) is 8.07. The first-order valence-electron chi connectivity index (χ1n) is 8.07. The van der Waals surface area contributed by atoms with Crippen LogP contribution in [0, 0.1) is 5.92 Å². The van der Waals surface area contributed by atoms with E-state index in [2.05, 4.69) is 15.0 Å². The van der Waals surface area contributed by atoms with E-state index < -0.39 is 24.5 Å². The number of carboxylic acids is 1. The summed E-state index contributed by atoms with van der Waals surface area (Å²) >= 11 is 0. The van der Waals surface area contributed by atoms with E-state index >= 15 is 0 Å². The predicted molar refractivity (Wildman–Crippen MR) is 89.3 cm³/mol. The van der Waals surface area contributed by atoms with Crippen LogP contribution >= 0.6 is 0 Å². The van der Waals surface area contributed by atoms with Gasteiger partial charge in [-0.3, -0.25) is 9.78 Å². The van der Waals surface area contributed by atoms with Gasteiger partial charge >= 0.3 is 18.6 Å². The van der Waals surface area contributed by atoms with Crippen LogP contribution in [0.3, 0.4) is 0 Å². The van der Waals surface area contributed by atoms with Gasteiger partial charge in [0.15, 0.2) is 0 Å². The van der Waals surface area contributed by atoms with Crippen LogP contribution in [0.15, 0.2) is 30.5 Å². The molecule has 26 heavy (non-hydrogen) atoms. The van der Waals surface area contributed by atoms with E-state index in [9.17, 15) is 18.4 Å². The molecule has 2 aromatic rings. The number of alkyl halides is 2. The second kappa shape index (κ2) is 7.51. The SMILES string of the molecule is O=C(O)C1CCCN(C(=O)Nc2ccc(OC(F)F)c3cccnc23)C1. The Hall–Kier alpha value is -2.97. The second-order valence-corrected chi connectivity index (χ2v) is 5.94. The molecule has 2 N–H and O–H groups in total. The zero-order valence-corrected chi connectivity index (χ0v) is 13.7. The minimum Gasteiger partial charge on any atom is -0.481 e. The molecule has 1 fully saturated rings. The van der Waals surface area contributed by atoms with E-state index in [4.69, 9.17) is 5.11 Å². The summed E-state index contributed by atoms with van der Waals surface area (Å²) in [6, 6.07) is 5.46. The Balaban J connectivity index is 1.82. The monoisotopic (exact) mass is 365 g/mol. The smallest absolute Gasteiger partial charge is 0.387 e. The number of pyridine rings is 1. The minimum atomic E-state index is -2.97. The molecule has 1 aromatic carbocycles. The van der Waals surface area contributed by atoms with Gasteiger partial charge in [-0.1, -0.05) is 0 Å². The zero-order chi connectivity index (χ0) is 18.7. The maximum absolute atomic E-state index is 12.5. The van der Waals surface area contributed by atoms with E-state index in [1.54, 1.807) is 12.1 Å². The van der Waals surface area contributed by atoms with Crippen LogP contribution in [0.2, 0.25) is 0 Å². The number of anilines is 1. The second-order valence-electron chi connectivity index (χ2n) is 5.94. The predicted octanol–water partition coefficient (Wildman–Crippen LogP) is 3.16. The summed E-state index contributed by atoms with van der Waals surface area (Å²) in [4.78, 5) is 29.2. The average Bonchev–Trinajstić information content (AvgIpc) is 2.63. The third-order valence-corrected chi connectivity index (χ3v) is 4.25. The highest BCUT2D eigenvalue weighted by molar-refractivity contribution is 6.01. The van der Waals surface area contributed by atoms with Gasteiger partial charge in [0, 0.05) is 24.7 Å². The van der Waals surface area contributed by atoms with Crippen LogP contribution in [-0.2, 0) is 4.79 Å². The van der Waals surface area contributed by atoms with Crippen molar-refractivity contribution in [1.82, 2.24) is 9.88 Å². The number of rotatable bonds is 4. The molecular weight excluding hydrogens is 348 g/mol. The van der Waals surface area contributed by atoms with Gasteiger partial charge in [0.25, 0.3) is 0 Å². The van der Waals surface area contributed by atoms with Gasteiger partial charge in [-0.25, -0.2) is 4.79 Å². The maximum atomic E-state index is 12.5. The number of urea groups is 1. The number of piperidine rings is 1. The summed E-state index contributed by atoms with van der Waals surface area (Å²) in [6.45, 7) is -2.40. The number of nitrogens with one attached hydrogen (secondary N) is 1. The van der Waals surface area contributed by atoms with Gasteiger partial charge in [0.2, 0.25) is 0 Å². The van der Waals surface area contributed by atoms with Crippen molar-refractivity contribution in [3.8, 4) is 5.75 Å². The molecule has 1 aliphatic rings. The molecular formula is C17H17F2N3O4. The van der Waals surface area contributed by atoms with Crippen molar-refractivity contribution >= 4 is 28.6 Å². The van der Waals surface area contributed by atoms with Gasteiger partial charge in [-0.2, -0.15) is 8.78 Å². The summed E-state index contributed by atoms with van der Waals surface area (Å²) in [5.74, 6) is -1.56. The van der Waals surface area contributed by atoms with E-state index in [-0.39, 0.29) is 12.3 Å². The number of aromatic nitrogens is 1.